The van der Waals surface area contributed by atoms with Crippen molar-refractivity contribution in [2.24, 2.45) is 0 Å². The largest absolute Gasteiger partial charge is 0.475 e. The number of carbonyl (C=O) groups excluding carboxylic acids is 1. The lowest BCUT2D eigenvalue weighted by Crippen LogP contribution is -2.29. The summed E-state index contributed by atoms with van der Waals surface area (Å²) >= 11 is 0. The molecule has 2 aromatic heterocycles. The number of nitrogens with one attached hydrogen (secondary N) is 1. The van der Waals surface area contributed by atoms with Crippen LogP contribution in [-0.4, -0.2) is 37.3 Å². The number of imidazole rings is 1. The van der Waals surface area contributed by atoms with Gasteiger partial charge < -0.3 is 9.84 Å². The summed E-state index contributed by atoms with van der Waals surface area (Å²) in [5.74, 6) is 0.780. The van der Waals surface area contributed by atoms with Crippen LogP contribution in [0, 0.1) is 0 Å². The van der Waals surface area contributed by atoms with Crippen LogP contribution in [0.25, 0.3) is 11.2 Å². The van der Waals surface area contributed by atoms with Crippen LogP contribution in [0.4, 0.5) is 5.95 Å². The molecular weight excluding hydrogens is 320 g/mol. The van der Waals surface area contributed by atoms with Gasteiger partial charge in [-0.2, -0.15) is 4.98 Å². The average molecular weight is 346 g/mol. The third kappa shape index (κ3) is 4.10. The zero-order valence-corrected chi connectivity index (χ0v) is 15.2. The van der Waals surface area contributed by atoms with Crippen LogP contribution in [0.1, 0.15) is 59.4 Å². The summed E-state index contributed by atoms with van der Waals surface area (Å²) in [6.45, 7) is 7.13. The van der Waals surface area contributed by atoms with Gasteiger partial charge in [-0.25, -0.2) is 4.98 Å². The lowest BCUT2D eigenvalue weighted by atomic mass is 9.93. The molecule has 3 rings (SSSR count). The number of aliphatic hydroxyl groups is 1. The lowest BCUT2D eigenvalue weighted by Gasteiger charge is -2.28. The van der Waals surface area contributed by atoms with E-state index in [1.165, 1.54) is 0 Å². The quantitative estimate of drug-likeness (QED) is 0.839. The molecule has 2 N–H and O–H groups in total. The first kappa shape index (κ1) is 17.7. The van der Waals surface area contributed by atoms with Crippen molar-refractivity contribution >= 4 is 23.0 Å². The molecule has 25 heavy (non-hydrogen) atoms. The first-order valence-corrected chi connectivity index (χ1v) is 8.81. The number of aromatic nitrogens is 3. The minimum absolute atomic E-state index is 0.00993. The highest BCUT2D eigenvalue weighted by Gasteiger charge is 2.27. The van der Waals surface area contributed by atoms with Crippen LogP contribution in [0.15, 0.2) is 12.1 Å². The molecule has 2 heterocycles. The summed E-state index contributed by atoms with van der Waals surface area (Å²) in [6.07, 6.45) is 3.28. The van der Waals surface area contributed by atoms with Crippen LogP contribution in [0.2, 0.25) is 0 Å². The topological polar surface area (TPSA) is 89.3 Å². The Morgan fingerprint density at radius 2 is 2.12 bits per heavy atom. The molecule has 0 aromatic carbocycles. The average Bonchev–Trinajstić information content (AvgIpc) is 2.72. The summed E-state index contributed by atoms with van der Waals surface area (Å²) in [5.41, 5.74) is 0.386. The van der Waals surface area contributed by atoms with Crippen molar-refractivity contribution in [3.8, 4) is 5.88 Å². The highest BCUT2D eigenvalue weighted by molar-refractivity contribution is 5.91. The minimum Gasteiger partial charge on any atom is -0.475 e. The number of fused-ring (bicyclic) bond motifs is 1. The first-order chi connectivity index (χ1) is 11.7. The molecule has 1 saturated carbocycles. The van der Waals surface area contributed by atoms with E-state index in [0.717, 1.165) is 30.4 Å². The maximum Gasteiger partial charge on any atom is 0.229 e. The van der Waals surface area contributed by atoms with E-state index < -0.39 is 5.60 Å². The van der Waals surface area contributed by atoms with Crippen molar-refractivity contribution in [2.75, 3.05) is 5.32 Å². The van der Waals surface area contributed by atoms with Crippen LogP contribution in [0.5, 0.6) is 5.88 Å². The van der Waals surface area contributed by atoms with E-state index in [-0.39, 0.29) is 24.5 Å². The molecule has 1 amide bonds. The number of hydrogen-bond acceptors (Lipinski definition) is 5. The second-order valence-electron chi connectivity index (χ2n) is 7.59. The summed E-state index contributed by atoms with van der Waals surface area (Å²) < 4.78 is 7.69. The summed E-state index contributed by atoms with van der Waals surface area (Å²) in [4.78, 5) is 21.4. The Balaban J connectivity index is 1.95. The fourth-order valence-electron chi connectivity index (χ4n) is 2.90. The monoisotopic (exact) mass is 346 g/mol. The molecule has 7 heteroatoms. The van der Waals surface area contributed by atoms with Crippen molar-refractivity contribution in [2.45, 2.75) is 71.1 Å². The molecule has 0 bridgehead atoms. The minimum atomic E-state index is -1.06. The van der Waals surface area contributed by atoms with Gasteiger partial charge in [-0.3, -0.25) is 14.7 Å². The number of amides is 1. The summed E-state index contributed by atoms with van der Waals surface area (Å²) in [5, 5.41) is 12.7. The molecule has 0 aliphatic heterocycles. The first-order valence-electron chi connectivity index (χ1n) is 8.81. The van der Waals surface area contributed by atoms with E-state index in [4.69, 9.17) is 4.74 Å². The number of pyridine rings is 1. The molecule has 1 aliphatic rings. The van der Waals surface area contributed by atoms with Gasteiger partial charge in [0, 0.05) is 12.1 Å². The number of rotatable bonds is 6. The van der Waals surface area contributed by atoms with Gasteiger partial charge in [0.15, 0.2) is 5.65 Å². The number of nitrogens with zero attached hydrogens (tertiary/aromatic N) is 3. The fraction of sp³-hybridized carbons (Fsp3) is 0.611. The smallest absolute Gasteiger partial charge is 0.229 e. The van der Waals surface area contributed by atoms with Crippen LogP contribution in [-0.2, 0) is 4.79 Å². The van der Waals surface area contributed by atoms with Crippen molar-refractivity contribution in [1.29, 1.82) is 0 Å². The molecule has 136 valence electrons. The number of carbonyl (C=O) groups is 1. The highest BCUT2D eigenvalue weighted by atomic mass is 16.5. The van der Waals surface area contributed by atoms with E-state index >= 15 is 0 Å². The Morgan fingerprint density at radius 3 is 2.68 bits per heavy atom. The molecule has 0 atom stereocenters. The van der Waals surface area contributed by atoms with Gasteiger partial charge >= 0.3 is 0 Å². The third-order valence-electron chi connectivity index (χ3n) is 4.15. The van der Waals surface area contributed by atoms with Gasteiger partial charge in [0.25, 0.3) is 0 Å². The number of anilines is 1. The van der Waals surface area contributed by atoms with Crippen LogP contribution in [0.3, 0.4) is 0 Å². The molecule has 0 unspecified atom stereocenters. The van der Waals surface area contributed by atoms with Gasteiger partial charge in [0.1, 0.15) is 5.52 Å². The molecule has 0 saturated heterocycles. The number of ether oxygens (including phenoxy) is 1. The van der Waals surface area contributed by atoms with E-state index in [1.54, 1.807) is 19.9 Å². The van der Waals surface area contributed by atoms with E-state index in [0.29, 0.717) is 11.8 Å². The van der Waals surface area contributed by atoms with Gasteiger partial charge in [-0.05, 0) is 53.0 Å². The zero-order valence-electron chi connectivity index (χ0n) is 15.2. The normalized spacial score (nSPS) is 15.4. The maximum atomic E-state index is 12.2. The van der Waals surface area contributed by atoms with Gasteiger partial charge in [-0.1, -0.05) is 0 Å². The van der Waals surface area contributed by atoms with Gasteiger partial charge in [-0.15, -0.1) is 0 Å². The number of hydrogen-bond donors (Lipinski definition) is 2. The van der Waals surface area contributed by atoms with E-state index in [2.05, 4.69) is 15.3 Å². The lowest BCUT2D eigenvalue weighted by molar-refractivity contribution is -0.119. The summed E-state index contributed by atoms with van der Waals surface area (Å²) in [7, 11) is 0. The molecule has 0 spiro atoms. The van der Waals surface area contributed by atoms with Gasteiger partial charge in [0.2, 0.25) is 17.7 Å². The summed E-state index contributed by atoms with van der Waals surface area (Å²) in [6, 6.07) is 3.94. The van der Waals surface area contributed by atoms with Crippen LogP contribution >= 0.6 is 0 Å². The molecule has 7 nitrogen and oxygen atoms in total. The molecule has 2 aromatic rings. The Bertz CT molecular complexity index is 772. The van der Waals surface area contributed by atoms with Crippen molar-refractivity contribution < 1.29 is 14.6 Å². The van der Waals surface area contributed by atoms with Crippen molar-refractivity contribution in [3.05, 3.63) is 12.1 Å². The molecule has 1 aliphatic carbocycles. The maximum absolute atomic E-state index is 12.2. The Labute approximate surface area is 147 Å². The third-order valence-corrected chi connectivity index (χ3v) is 4.15. The predicted molar refractivity (Wildman–Crippen MR) is 95.7 cm³/mol. The zero-order chi connectivity index (χ0) is 18.2. The van der Waals surface area contributed by atoms with Crippen LogP contribution < -0.4 is 10.1 Å². The second kappa shape index (κ2) is 6.63. The SMILES string of the molecule is CC(C)Oc1ccc2nc(NC(=O)CC(C)(C)O)n(C3CCC3)c2n1. The second-order valence-corrected chi connectivity index (χ2v) is 7.59. The Hall–Kier alpha value is -2.15. The predicted octanol–water partition coefficient (Wildman–Crippen LogP) is 3.04. The van der Waals surface area contributed by atoms with Gasteiger partial charge in [0.05, 0.1) is 18.1 Å². The molecule has 1 fully saturated rings. The molecular formula is C18H26N4O3. The van der Waals surface area contributed by atoms with E-state index in [9.17, 15) is 9.90 Å². The Morgan fingerprint density at radius 1 is 1.40 bits per heavy atom. The van der Waals surface area contributed by atoms with Crippen molar-refractivity contribution in [3.63, 3.8) is 0 Å². The standard InChI is InChI=1S/C18H26N4O3/c1-11(2)25-15-9-8-13-16(21-15)22(12-6-5-7-12)17(19-13)20-14(23)10-18(3,4)24/h8-9,11-12,24H,5-7,10H2,1-4H3,(H,19,20,23). The molecule has 0 radical (unpaired) electrons. The fourth-order valence-corrected chi connectivity index (χ4v) is 2.90. The van der Waals surface area contributed by atoms with E-state index in [1.807, 2.05) is 24.5 Å². The Kier molecular flexibility index (Phi) is 4.69. The van der Waals surface area contributed by atoms with Crippen molar-refractivity contribution in [1.82, 2.24) is 14.5 Å². The highest BCUT2D eigenvalue weighted by Crippen LogP contribution is 2.37.